The number of alkyl carbamates (subject to hydrolysis) is 1. The van der Waals surface area contributed by atoms with Crippen molar-refractivity contribution in [3.63, 3.8) is 0 Å². The molecule has 6 heteroatoms. The second kappa shape index (κ2) is 9.30. The molecule has 0 radical (unpaired) electrons. The summed E-state index contributed by atoms with van der Waals surface area (Å²) in [5.74, 6) is -1.10. The van der Waals surface area contributed by atoms with Crippen LogP contribution in [0.25, 0.3) is 10.9 Å². The number of benzene rings is 2. The Bertz CT molecular complexity index is 1130. The van der Waals surface area contributed by atoms with Crippen LogP contribution in [0.4, 0.5) is 4.79 Å². The van der Waals surface area contributed by atoms with Crippen molar-refractivity contribution in [3.8, 4) is 0 Å². The largest absolute Gasteiger partial charge is 0.480 e. The topological polar surface area (TPSA) is 80.6 Å². The molecule has 3 aromatic rings. The van der Waals surface area contributed by atoms with Crippen molar-refractivity contribution >= 4 is 23.0 Å². The van der Waals surface area contributed by atoms with Crippen LogP contribution in [-0.4, -0.2) is 33.4 Å². The molecule has 0 saturated heterocycles. The van der Waals surface area contributed by atoms with Gasteiger partial charge in [0.25, 0.3) is 0 Å². The molecule has 1 heterocycles. The van der Waals surface area contributed by atoms with E-state index in [2.05, 4.69) is 54.9 Å². The molecule has 33 heavy (non-hydrogen) atoms. The van der Waals surface area contributed by atoms with Crippen LogP contribution < -0.4 is 5.32 Å². The Balaban J connectivity index is 1.85. The first kappa shape index (κ1) is 24.4. The van der Waals surface area contributed by atoms with E-state index in [1.807, 2.05) is 30.5 Å². The van der Waals surface area contributed by atoms with Crippen molar-refractivity contribution in [3.05, 3.63) is 71.4 Å². The van der Waals surface area contributed by atoms with Crippen LogP contribution in [0.2, 0.25) is 0 Å². The van der Waals surface area contributed by atoms with Gasteiger partial charge in [-0.2, -0.15) is 0 Å². The molecule has 6 nitrogen and oxygen atoms in total. The van der Waals surface area contributed by atoms with Gasteiger partial charge in [-0.3, -0.25) is 0 Å². The predicted octanol–water partition coefficient (Wildman–Crippen LogP) is 5.51. The normalized spacial score (nSPS) is 13.0. The van der Waals surface area contributed by atoms with Crippen LogP contribution in [0.5, 0.6) is 0 Å². The zero-order chi connectivity index (χ0) is 24.4. The van der Waals surface area contributed by atoms with E-state index in [1.54, 1.807) is 20.8 Å². The molecular formula is C27H34N2O4. The van der Waals surface area contributed by atoms with Gasteiger partial charge in [-0.1, -0.05) is 63.2 Å². The van der Waals surface area contributed by atoms with E-state index in [4.69, 9.17) is 4.74 Å². The van der Waals surface area contributed by atoms with Crippen molar-refractivity contribution in [1.82, 2.24) is 9.88 Å². The Hall–Kier alpha value is -3.28. The summed E-state index contributed by atoms with van der Waals surface area (Å²) in [5, 5.41) is 13.2. The van der Waals surface area contributed by atoms with E-state index in [0.29, 0.717) is 6.54 Å². The summed E-state index contributed by atoms with van der Waals surface area (Å²) in [4.78, 5) is 24.0. The standard InChI is InChI=1S/C27H34N2O4/c1-26(2,3)20-13-11-18(12-14-20)16-29-17-19(21-9-7-8-10-23(21)29)15-22(24(30)31)28-25(32)33-27(4,5)6/h7-14,17,22H,15-16H2,1-6H3,(H,28,32)(H,30,31). The molecule has 0 aliphatic rings. The highest BCUT2D eigenvalue weighted by Crippen LogP contribution is 2.26. The van der Waals surface area contributed by atoms with Crippen molar-refractivity contribution < 1.29 is 19.4 Å². The van der Waals surface area contributed by atoms with Gasteiger partial charge in [0.1, 0.15) is 11.6 Å². The van der Waals surface area contributed by atoms with E-state index in [-0.39, 0.29) is 11.8 Å². The number of aliphatic carboxylic acids is 1. The minimum Gasteiger partial charge on any atom is -0.480 e. The predicted molar refractivity (Wildman–Crippen MR) is 131 cm³/mol. The van der Waals surface area contributed by atoms with E-state index < -0.39 is 23.7 Å². The van der Waals surface area contributed by atoms with Gasteiger partial charge < -0.3 is 19.7 Å². The fraction of sp³-hybridized carbons (Fsp3) is 0.407. The molecule has 0 aliphatic carbocycles. The molecule has 0 saturated carbocycles. The average Bonchev–Trinajstić information content (AvgIpc) is 3.03. The molecule has 1 unspecified atom stereocenters. The van der Waals surface area contributed by atoms with Gasteiger partial charge >= 0.3 is 12.1 Å². The maximum atomic E-state index is 12.2. The molecule has 0 spiro atoms. The first-order valence-electron chi connectivity index (χ1n) is 11.2. The Labute approximate surface area is 195 Å². The van der Waals surface area contributed by atoms with Crippen molar-refractivity contribution in [1.29, 1.82) is 0 Å². The summed E-state index contributed by atoms with van der Waals surface area (Å²) >= 11 is 0. The summed E-state index contributed by atoms with van der Waals surface area (Å²) < 4.78 is 7.37. The number of ether oxygens (including phenoxy) is 1. The number of nitrogens with zero attached hydrogens (tertiary/aromatic N) is 1. The molecule has 2 aromatic carbocycles. The summed E-state index contributed by atoms with van der Waals surface area (Å²) in [5.41, 5.74) is 3.72. The Morgan fingerprint density at radius 2 is 1.64 bits per heavy atom. The van der Waals surface area contributed by atoms with Crippen molar-refractivity contribution in [2.24, 2.45) is 0 Å². The number of nitrogens with one attached hydrogen (secondary N) is 1. The molecule has 0 fully saturated rings. The third-order valence-electron chi connectivity index (χ3n) is 5.46. The van der Waals surface area contributed by atoms with E-state index >= 15 is 0 Å². The maximum Gasteiger partial charge on any atom is 0.408 e. The summed E-state index contributed by atoms with van der Waals surface area (Å²) in [6.07, 6.45) is 1.40. The minimum atomic E-state index is -1.10. The molecule has 2 N–H and O–H groups in total. The number of hydrogen-bond acceptors (Lipinski definition) is 3. The van der Waals surface area contributed by atoms with E-state index in [0.717, 1.165) is 22.0 Å². The van der Waals surface area contributed by atoms with Gasteiger partial charge in [0.05, 0.1) is 0 Å². The van der Waals surface area contributed by atoms with Gasteiger partial charge in [-0.15, -0.1) is 0 Å². The number of hydrogen-bond donors (Lipinski definition) is 2. The summed E-state index contributed by atoms with van der Waals surface area (Å²) in [6, 6.07) is 15.4. The van der Waals surface area contributed by atoms with Crippen LogP contribution >= 0.6 is 0 Å². The van der Waals surface area contributed by atoms with Gasteiger partial charge in [-0.25, -0.2) is 9.59 Å². The number of carbonyl (C=O) groups excluding carboxylic acids is 1. The summed E-state index contributed by atoms with van der Waals surface area (Å²) in [7, 11) is 0. The lowest BCUT2D eigenvalue weighted by molar-refractivity contribution is -0.139. The monoisotopic (exact) mass is 450 g/mol. The molecule has 0 aliphatic heterocycles. The lowest BCUT2D eigenvalue weighted by atomic mass is 9.87. The number of carboxylic acids is 1. The molecule has 0 bridgehead atoms. The number of rotatable bonds is 6. The lowest BCUT2D eigenvalue weighted by Gasteiger charge is -2.22. The quantitative estimate of drug-likeness (QED) is 0.519. The third-order valence-corrected chi connectivity index (χ3v) is 5.46. The zero-order valence-electron chi connectivity index (χ0n) is 20.3. The van der Waals surface area contributed by atoms with Crippen LogP contribution in [0.15, 0.2) is 54.7 Å². The first-order chi connectivity index (χ1) is 15.3. The number of aromatic nitrogens is 1. The van der Waals surface area contributed by atoms with Crippen molar-refractivity contribution in [2.45, 2.75) is 71.6 Å². The van der Waals surface area contributed by atoms with E-state index in [1.165, 1.54) is 5.56 Å². The fourth-order valence-electron chi connectivity index (χ4n) is 3.79. The van der Waals surface area contributed by atoms with Crippen LogP contribution in [-0.2, 0) is 27.9 Å². The number of amides is 1. The number of carbonyl (C=O) groups is 2. The van der Waals surface area contributed by atoms with Gasteiger partial charge in [0.15, 0.2) is 0 Å². The highest BCUT2D eigenvalue weighted by molar-refractivity contribution is 5.86. The average molecular weight is 451 g/mol. The number of para-hydroxylation sites is 1. The Morgan fingerprint density at radius 1 is 1.00 bits per heavy atom. The summed E-state index contributed by atoms with van der Waals surface area (Å²) in [6.45, 7) is 12.5. The van der Waals surface area contributed by atoms with Crippen LogP contribution in [0.3, 0.4) is 0 Å². The van der Waals surface area contributed by atoms with Crippen molar-refractivity contribution in [2.75, 3.05) is 0 Å². The Morgan fingerprint density at radius 3 is 2.21 bits per heavy atom. The third kappa shape index (κ3) is 6.37. The first-order valence-corrected chi connectivity index (χ1v) is 11.2. The second-order valence-corrected chi connectivity index (χ2v) is 10.5. The highest BCUT2D eigenvalue weighted by atomic mass is 16.6. The highest BCUT2D eigenvalue weighted by Gasteiger charge is 2.25. The second-order valence-electron chi connectivity index (χ2n) is 10.5. The van der Waals surface area contributed by atoms with Gasteiger partial charge in [0, 0.05) is 30.1 Å². The maximum absolute atomic E-state index is 12.2. The SMILES string of the molecule is CC(C)(C)OC(=O)NC(Cc1cn(Cc2ccc(C(C)(C)C)cc2)c2ccccc12)C(=O)O. The smallest absolute Gasteiger partial charge is 0.408 e. The number of fused-ring (bicyclic) bond motifs is 1. The zero-order valence-corrected chi connectivity index (χ0v) is 20.3. The molecule has 3 rings (SSSR count). The van der Waals surface area contributed by atoms with Gasteiger partial charge in [-0.05, 0) is 48.9 Å². The van der Waals surface area contributed by atoms with Crippen LogP contribution in [0, 0.1) is 0 Å². The molecule has 176 valence electrons. The van der Waals surface area contributed by atoms with Gasteiger partial charge in [0.2, 0.25) is 0 Å². The fourth-order valence-corrected chi connectivity index (χ4v) is 3.79. The molecule has 1 aromatic heterocycles. The van der Waals surface area contributed by atoms with E-state index in [9.17, 15) is 14.7 Å². The molecule has 1 amide bonds. The minimum absolute atomic E-state index is 0.0961. The molecular weight excluding hydrogens is 416 g/mol. The van der Waals surface area contributed by atoms with Crippen LogP contribution in [0.1, 0.15) is 58.2 Å². The Kier molecular flexibility index (Phi) is 6.86. The molecule has 1 atom stereocenters. The number of carboxylic acid groups (broad SMARTS) is 1. The lowest BCUT2D eigenvalue weighted by Crippen LogP contribution is -2.44.